The fourth-order valence-electron chi connectivity index (χ4n) is 3.30. The van der Waals surface area contributed by atoms with Crippen LogP contribution in [-0.4, -0.2) is 18.1 Å². The molecule has 2 rings (SSSR count). The lowest BCUT2D eigenvalue weighted by Crippen LogP contribution is -2.51. The molecule has 0 bridgehead atoms. The summed E-state index contributed by atoms with van der Waals surface area (Å²) < 4.78 is 0. The van der Waals surface area contributed by atoms with Crippen molar-refractivity contribution >= 4 is 11.6 Å². The van der Waals surface area contributed by atoms with Crippen LogP contribution >= 0.6 is 0 Å². The van der Waals surface area contributed by atoms with E-state index in [1.165, 1.54) is 5.56 Å². The van der Waals surface area contributed by atoms with Gasteiger partial charge in [0, 0.05) is 18.8 Å². The Hall–Kier alpha value is -1.48. The summed E-state index contributed by atoms with van der Waals surface area (Å²) >= 11 is 0. The normalized spacial score (nSPS) is 23.2. The molecule has 0 aliphatic heterocycles. The zero-order valence-electron chi connectivity index (χ0n) is 12.0. The van der Waals surface area contributed by atoms with E-state index in [1.807, 2.05) is 20.8 Å². The molecule has 3 nitrogen and oxygen atoms in total. The highest BCUT2D eigenvalue weighted by Gasteiger charge is 2.42. The van der Waals surface area contributed by atoms with Crippen LogP contribution in [0.3, 0.4) is 0 Å². The second-order valence-corrected chi connectivity index (χ2v) is 5.66. The van der Waals surface area contributed by atoms with Crippen LogP contribution < -0.4 is 5.73 Å². The number of carbonyl (C=O) groups excluding carboxylic acids is 2. The van der Waals surface area contributed by atoms with E-state index >= 15 is 0 Å². The van der Waals surface area contributed by atoms with Gasteiger partial charge in [0.15, 0.2) is 5.78 Å². The molecule has 102 valence electrons. The quantitative estimate of drug-likeness (QED) is 0.837. The van der Waals surface area contributed by atoms with E-state index < -0.39 is 5.92 Å². The van der Waals surface area contributed by atoms with E-state index in [-0.39, 0.29) is 17.5 Å². The van der Waals surface area contributed by atoms with E-state index in [0.29, 0.717) is 13.0 Å². The average Bonchev–Trinajstić information content (AvgIpc) is 2.56. The van der Waals surface area contributed by atoms with Gasteiger partial charge in [0.25, 0.3) is 0 Å². The van der Waals surface area contributed by atoms with Crippen molar-refractivity contribution in [2.24, 2.45) is 5.92 Å². The number of quaternary nitrogens is 1. The van der Waals surface area contributed by atoms with Crippen molar-refractivity contribution in [2.75, 3.05) is 6.54 Å². The molecule has 1 fully saturated rings. The summed E-state index contributed by atoms with van der Waals surface area (Å²) in [4.78, 5) is 24.7. The van der Waals surface area contributed by atoms with Crippen LogP contribution in [0.4, 0.5) is 0 Å². The molecule has 1 aromatic rings. The van der Waals surface area contributed by atoms with Gasteiger partial charge in [-0.1, -0.05) is 17.7 Å². The first-order valence-corrected chi connectivity index (χ1v) is 6.89. The van der Waals surface area contributed by atoms with Gasteiger partial charge in [-0.15, -0.1) is 0 Å². The van der Waals surface area contributed by atoms with Crippen LogP contribution in [0.15, 0.2) is 12.1 Å². The van der Waals surface area contributed by atoms with Crippen molar-refractivity contribution in [1.82, 2.24) is 0 Å². The lowest BCUT2D eigenvalue weighted by molar-refractivity contribution is -0.369. The Morgan fingerprint density at radius 3 is 2.26 bits per heavy atom. The number of Topliss-reactive ketones (excluding diaryl/α,β-unsaturated/α-hetero) is 2. The van der Waals surface area contributed by atoms with Crippen molar-refractivity contribution in [3.8, 4) is 0 Å². The minimum Gasteiger partial charge on any atom is -0.358 e. The van der Waals surface area contributed by atoms with Gasteiger partial charge in [0.1, 0.15) is 11.7 Å². The molecule has 0 amide bonds. The maximum atomic E-state index is 12.4. The van der Waals surface area contributed by atoms with Crippen LogP contribution in [0.5, 0.6) is 0 Å². The maximum absolute atomic E-state index is 12.4. The van der Waals surface area contributed by atoms with Gasteiger partial charge >= 0.3 is 0 Å². The highest BCUT2D eigenvalue weighted by atomic mass is 16.2. The zero-order chi connectivity index (χ0) is 14.2. The standard InChI is InChI=1S/C16H21NO2/c1-9-6-10(2)14(11(3)7-9)15-13(18)8-12(4-5-17)16(15)19/h6-7,12,15H,4-5,8,17H2,1-3H3/p+1. The molecule has 2 atom stereocenters. The highest BCUT2D eigenvalue weighted by molar-refractivity contribution is 6.14. The van der Waals surface area contributed by atoms with Gasteiger partial charge in [-0.3, -0.25) is 9.59 Å². The molecule has 19 heavy (non-hydrogen) atoms. The topological polar surface area (TPSA) is 61.8 Å². The number of ketones is 2. The van der Waals surface area contributed by atoms with Crippen LogP contribution in [0.25, 0.3) is 0 Å². The van der Waals surface area contributed by atoms with Crippen molar-refractivity contribution in [2.45, 2.75) is 39.5 Å². The van der Waals surface area contributed by atoms with Gasteiger partial charge in [-0.05, 0) is 37.5 Å². The zero-order valence-corrected chi connectivity index (χ0v) is 12.0. The van der Waals surface area contributed by atoms with Crippen molar-refractivity contribution in [3.05, 3.63) is 34.4 Å². The number of rotatable bonds is 3. The smallest absolute Gasteiger partial charge is 0.151 e. The Bertz CT molecular complexity index is 511. The van der Waals surface area contributed by atoms with E-state index in [2.05, 4.69) is 17.9 Å². The molecule has 3 heteroatoms. The summed E-state index contributed by atoms with van der Waals surface area (Å²) in [6.07, 6.45) is 1.12. The van der Waals surface area contributed by atoms with Gasteiger partial charge in [0.05, 0.1) is 6.54 Å². The van der Waals surface area contributed by atoms with Crippen molar-refractivity contribution in [1.29, 1.82) is 0 Å². The number of benzene rings is 1. The van der Waals surface area contributed by atoms with E-state index in [0.717, 1.165) is 23.1 Å². The molecule has 1 aromatic carbocycles. The number of carbonyl (C=O) groups is 2. The van der Waals surface area contributed by atoms with E-state index in [4.69, 9.17) is 0 Å². The number of hydrogen-bond acceptors (Lipinski definition) is 2. The molecule has 0 heterocycles. The SMILES string of the molecule is Cc1cc(C)c(C2C(=O)CC(CC[NH3+])C2=O)c(C)c1. The second kappa shape index (κ2) is 5.25. The highest BCUT2D eigenvalue weighted by Crippen LogP contribution is 2.37. The van der Waals surface area contributed by atoms with Crippen LogP contribution in [-0.2, 0) is 9.59 Å². The predicted molar refractivity (Wildman–Crippen MR) is 73.9 cm³/mol. The Morgan fingerprint density at radius 2 is 1.74 bits per heavy atom. The van der Waals surface area contributed by atoms with E-state index in [1.54, 1.807) is 0 Å². The fourth-order valence-corrected chi connectivity index (χ4v) is 3.30. The second-order valence-electron chi connectivity index (χ2n) is 5.66. The fraction of sp³-hybridized carbons (Fsp3) is 0.500. The van der Waals surface area contributed by atoms with Crippen LogP contribution in [0.2, 0.25) is 0 Å². The van der Waals surface area contributed by atoms with Gasteiger partial charge in [0.2, 0.25) is 0 Å². The summed E-state index contributed by atoms with van der Waals surface area (Å²) in [5, 5.41) is 0. The van der Waals surface area contributed by atoms with Gasteiger partial charge < -0.3 is 5.73 Å². The maximum Gasteiger partial charge on any atom is 0.151 e. The Balaban J connectivity index is 2.42. The number of aryl methyl sites for hydroxylation is 3. The van der Waals surface area contributed by atoms with Crippen LogP contribution in [0.1, 0.15) is 41.0 Å². The Kier molecular flexibility index (Phi) is 3.85. The lowest BCUT2D eigenvalue weighted by Gasteiger charge is -2.16. The summed E-state index contributed by atoms with van der Waals surface area (Å²) in [5.41, 5.74) is 8.01. The summed E-state index contributed by atoms with van der Waals surface area (Å²) in [5.74, 6) is -0.463. The third-order valence-corrected chi connectivity index (χ3v) is 4.04. The molecule has 0 saturated heterocycles. The first-order chi connectivity index (χ1) is 8.95. The molecular formula is C16H22NO2+. The predicted octanol–water partition coefficient (Wildman–Crippen LogP) is 1.49. The molecular weight excluding hydrogens is 238 g/mol. The van der Waals surface area contributed by atoms with Crippen molar-refractivity contribution in [3.63, 3.8) is 0 Å². The Morgan fingerprint density at radius 1 is 1.16 bits per heavy atom. The minimum atomic E-state index is -0.530. The monoisotopic (exact) mass is 260 g/mol. The van der Waals surface area contributed by atoms with Gasteiger partial charge in [-0.2, -0.15) is 0 Å². The van der Waals surface area contributed by atoms with E-state index in [9.17, 15) is 9.59 Å². The molecule has 0 radical (unpaired) electrons. The summed E-state index contributed by atoms with van der Waals surface area (Å²) in [6.45, 7) is 6.73. The largest absolute Gasteiger partial charge is 0.358 e. The molecule has 1 aliphatic carbocycles. The minimum absolute atomic E-state index is 0.0819. The third kappa shape index (κ3) is 2.47. The Labute approximate surface area is 114 Å². The lowest BCUT2D eigenvalue weighted by atomic mass is 9.86. The first kappa shape index (κ1) is 13.9. The molecule has 2 unspecified atom stereocenters. The summed E-state index contributed by atoms with van der Waals surface area (Å²) in [7, 11) is 0. The molecule has 3 N–H and O–H groups in total. The molecule has 0 spiro atoms. The van der Waals surface area contributed by atoms with Crippen LogP contribution in [0, 0.1) is 26.7 Å². The molecule has 1 saturated carbocycles. The first-order valence-electron chi connectivity index (χ1n) is 6.89. The molecule has 0 aromatic heterocycles. The average molecular weight is 260 g/mol. The van der Waals surface area contributed by atoms with Crippen molar-refractivity contribution < 1.29 is 15.3 Å². The number of hydrogen-bond donors (Lipinski definition) is 1. The third-order valence-electron chi connectivity index (χ3n) is 4.04. The van der Waals surface area contributed by atoms with Gasteiger partial charge in [-0.25, -0.2) is 0 Å². The summed E-state index contributed by atoms with van der Waals surface area (Å²) in [6, 6.07) is 4.11. The molecule has 1 aliphatic rings.